The number of ether oxygens (including phenoxy) is 1. The van der Waals surface area contributed by atoms with Crippen LogP contribution in [0, 0.1) is 6.92 Å². The Morgan fingerprint density at radius 2 is 2.07 bits per heavy atom. The number of carbonyl (C=O) groups is 2. The molecule has 0 unspecified atom stereocenters. The summed E-state index contributed by atoms with van der Waals surface area (Å²) in [5.41, 5.74) is 1.67. The smallest absolute Gasteiger partial charge is 0.259 e. The van der Waals surface area contributed by atoms with E-state index in [1.165, 1.54) is 7.11 Å². The van der Waals surface area contributed by atoms with Gasteiger partial charge in [-0.3, -0.25) is 9.59 Å². The summed E-state index contributed by atoms with van der Waals surface area (Å²) in [6.07, 6.45) is 2.34. The maximum atomic E-state index is 12.5. The molecule has 1 aromatic carbocycles. The zero-order chi connectivity index (χ0) is 19.4. The normalized spacial score (nSPS) is 16.4. The Morgan fingerprint density at radius 3 is 2.74 bits per heavy atom. The summed E-state index contributed by atoms with van der Waals surface area (Å²) in [4.78, 5) is 35.0. The van der Waals surface area contributed by atoms with Crippen LogP contribution in [0.25, 0.3) is 0 Å². The van der Waals surface area contributed by atoms with Crippen LogP contribution < -0.4 is 5.32 Å². The largest absolute Gasteiger partial charge is 0.375 e. The molecule has 2 heterocycles. The van der Waals surface area contributed by atoms with Gasteiger partial charge in [-0.15, -0.1) is 0 Å². The summed E-state index contributed by atoms with van der Waals surface area (Å²) in [7, 11) is 1.51. The highest BCUT2D eigenvalue weighted by Crippen LogP contribution is 2.25. The van der Waals surface area contributed by atoms with Crippen LogP contribution in [-0.4, -0.2) is 53.5 Å². The second-order valence-corrected chi connectivity index (χ2v) is 6.88. The van der Waals surface area contributed by atoms with Gasteiger partial charge < -0.3 is 15.0 Å². The molecule has 1 saturated heterocycles. The Labute approximate surface area is 162 Å². The number of halogens is 1. The Hall–Kier alpha value is -2.51. The lowest BCUT2D eigenvalue weighted by Gasteiger charge is -2.16. The molecular formula is C19H21ClN4O3. The second-order valence-electron chi connectivity index (χ2n) is 6.45. The van der Waals surface area contributed by atoms with Gasteiger partial charge in [-0.25, -0.2) is 9.97 Å². The fourth-order valence-corrected chi connectivity index (χ4v) is 3.17. The fraction of sp³-hybridized carbons (Fsp3) is 0.368. The van der Waals surface area contributed by atoms with Gasteiger partial charge in [-0.05, 0) is 37.6 Å². The minimum Gasteiger partial charge on any atom is -0.375 e. The number of rotatable bonds is 5. The number of aryl methyl sites for hydroxylation is 1. The lowest BCUT2D eigenvalue weighted by molar-refractivity contribution is -0.134. The number of anilines is 1. The van der Waals surface area contributed by atoms with E-state index >= 15 is 0 Å². The highest BCUT2D eigenvalue weighted by molar-refractivity contribution is 6.30. The number of nitrogens with zero attached hydrogens (tertiary/aromatic N) is 3. The van der Waals surface area contributed by atoms with E-state index in [-0.39, 0.29) is 24.3 Å². The number of nitrogens with one attached hydrogen (secondary N) is 1. The molecule has 2 amide bonds. The van der Waals surface area contributed by atoms with Gasteiger partial charge >= 0.3 is 0 Å². The predicted octanol–water partition coefficient (Wildman–Crippen LogP) is 2.65. The van der Waals surface area contributed by atoms with Crippen LogP contribution in [0.3, 0.4) is 0 Å². The Morgan fingerprint density at radius 1 is 1.33 bits per heavy atom. The molecule has 1 fully saturated rings. The molecule has 0 spiro atoms. The zero-order valence-corrected chi connectivity index (χ0v) is 16.0. The molecule has 0 aliphatic carbocycles. The van der Waals surface area contributed by atoms with Crippen molar-refractivity contribution in [3.8, 4) is 0 Å². The molecule has 8 heteroatoms. The number of carbonyl (C=O) groups excluding carboxylic acids is 2. The number of hydrogen-bond donors (Lipinski definition) is 1. The number of likely N-dealkylation sites (tertiary alicyclic amines) is 1. The van der Waals surface area contributed by atoms with Crippen LogP contribution in [0.2, 0.25) is 5.02 Å². The maximum Gasteiger partial charge on any atom is 0.259 e. The first kappa shape index (κ1) is 19.3. The summed E-state index contributed by atoms with van der Waals surface area (Å²) in [6, 6.07) is 6.88. The van der Waals surface area contributed by atoms with E-state index in [0.29, 0.717) is 40.9 Å². The highest BCUT2D eigenvalue weighted by Gasteiger charge is 2.29. The Balaban J connectivity index is 1.68. The first-order chi connectivity index (χ1) is 13.0. The number of benzene rings is 1. The molecule has 1 aliphatic heterocycles. The third kappa shape index (κ3) is 4.61. The predicted molar refractivity (Wildman–Crippen MR) is 102 cm³/mol. The average molecular weight is 389 g/mol. The van der Waals surface area contributed by atoms with Crippen LogP contribution in [0.5, 0.6) is 0 Å². The second kappa shape index (κ2) is 8.45. The molecule has 1 aromatic heterocycles. The topological polar surface area (TPSA) is 84.4 Å². The molecule has 1 aliphatic rings. The van der Waals surface area contributed by atoms with Crippen LogP contribution in [-0.2, 0) is 9.53 Å². The maximum absolute atomic E-state index is 12.5. The lowest BCUT2D eigenvalue weighted by Crippen LogP contribution is -2.31. The van der Waals surface area contributed by atoms with Crippen molar-refractivity contribution in [2.45, 2.75) is 19.3 Å². The highest BCUT2D eigenvalue weighted by atomic mass is 35.5. The molecule has 0 saturated carbocycles. The third-order valence-corrected chi connectivity index (χ3v) is 4.77. The van der Waals surface area contributed by atoms with Crippen molar-refractivity contribution < 1.29 is 14.3 Å². The summed E-state index contributed by atoms with van der Waals surface area (Å²) in [6.45, 7) is 3.09. The van der Waals surface area contributed by atoms with E-state index in [2.05, 4.69) is 15.3 Å². The first-order valence-corrected chi connectivity index (χ1v) is 9.03. The van der Waals surface area contributed by atoms with E-state index in [1.807, 2.05) is 0 Å². The molecule has 7 nitrogen and oxygen atoms in total. The molecule has 1 N–H and O–H groups in total. The summed E-state index contributed by atoms with van der Waals surface area (Å²) < 4.78 is 4.90. The van der Waals surface area contributed by atoms with Gasteiger partial charge in [0.1, 0.15) is 12.4 Å². The van der Waals surface area contributed by atoms with Crippen molar-refractivity contribution in [1.29, 1.82) is 0 Å². The molecule has 0 bridgehead atoms. The number of amides is 2. The minimum atomic E-state index is -0.273. The molecular weight excluding hydrogens is 368 g/mol. The summed E-state index contributed by atoms with van der Waals surface area (Å²) in [5, 5.41) is 3.41. The molecule has 1 atom stereocenters. The van der Waals surface area contributed by atoms with Crippen LogP contribution in [0.15, 0.2) is 30.5 Å². The molecule has 142 valence electrons. The van der Waals surface area contributed by atoms with E-state index in [1.54, 1.807) is 42.3 Å². The zero-order valence-electron chi connectivity index (χ0n) is 15.2. The third-order valence-electron chi connectivity index (χ3n) is 4.52. The van der Waals surface area contributed by atoms with Crippen LogP contribution >= 0.6 is 11.6 Å². The van der Waals surface area contributed by atoms with Gasteiger partial charge in [0.25, 0.3) is 5.91 Å². The van der Waals surface area contributed by atoms with Crippen molar-refractivity contribution in [2.75, 3.05) is 32.1 Å². The summed E-state index contributed by atoms with van der Waals surface area (Å²) in [5.74, 6) is 0.418. The number of methoxy groups -OCH3 is 1. The average Bonchev–Trinajstić information content (AvgIpc) is 3.14. The molecule has 2 aromatic rings. The number of aromatic nitrogens is 2. The van der Waals surface area contributed by atoms with E-state index in [0.717, 1.165) is 6.42 Å². The van der Waals surface area contributed by atoms with E-state index in [9.17, 15) is 9.59 Å². The molecule has 27 heavy (non-hydrogen) atoms. The van der Waals surface area contributed by atoms with Gasteiger partial charge in [0.05, 0.1) is 11.3 Å². The monoisotopic (exact) mass is 388 g/mol. The van der Waals surface area contributed by atoms with Crippen molar-refractivity contribution in [2.24, 2.45) is 0 Å². The van der Waals surface area contributed by atoms with Crippen LogP contribution in [0.4, 0.5) is 5.69 Å². The van der Waals surface area contributed by atoms with Gasteiger partial charge in [0, 0.05) is 43.0 Å². The summed E-state index contributed by atoms with van der Waals surface area (Å²) >= 11 is 5.85. The van der Waals surface area contributed by atoms with Gasteiger partial charge in [-0.1, -0.05) is 11.6 Å². The van der Waals surface area contributed by atoms with Gasteiger partial charge in [0.2, 0.25) is 5.91 Å². The quantitative estimate of drug-likeness (QED) is 0.851. The fourth-order valence-electron chi connectivity index (χ4n) is 3.05. The van der Waals surface area contributed by atoms with Gasteiger partial charge in [0.15, 0.2) is 0 Å². The molecule has 0 radical (unpaired) electrons. The number of hydrogen-bond acceptors (Lipinski definition) is 5. The Kier molecular flexibility index (Phi) is 6.03. The lowest BCUT2D eigenvalue weighted by atomic mass is 10.1. The van der Waals surface area contributed by atoms with Crippen molar-refractivity contribution in [1.82, 2.24) is 14.9 Å². The van der Waals surface area contributed by atoms with Crippen molar-refractivity contribution in [3.05, 3.63) is 52.6 Å². The SMILES string of the molecule is COCC(=O)N1CC[C@H](c2ncc(C(=O)Nc3ccc(Cl)cc3)c(C)n2)C1. The minimum absolute atomic E-state index is 0.0318. The first-order valence-electron chi connectivity index (χ1n) is 8.65. The van der Waals surface area contributed by atoms with E-state index in [4.69, 9.17) is 16.3 Å². The van der Waals surface area contributed by atoms with E-state index < -0.39 is 0 Å². The van der Waals surface area contributed by atoms with Crippen molar-refractivity contribution in [3.63, 3.8) is 0 Å². The Bertz CT molecular complexity index is 841. The standard InChI is InChI=1S/C19H21ClN4O3/c1-12-16(19(26)23-15-5-3-14(20)4-6-15)9-21-18(22-12)13-7-8-24(10-13)17(25)11-27-2/h3-6,9,13H,7-8,10-11H2,1-2H3,(H,23,26)/t13-/m0/s1. The van der Waals surface area contributed by atoms with Crippen molar-refractivity contribution >= 4 is 29.1 Å². The van der Waals surface area contributed by atoms with Crippen LogP contribution in [0.1, 0.15) is 34.2 Å². The molecule has 3 rings (SSSR count). The van der Waals surface area contributed by atoms with Gasteiger partial charge in [-0.2, -0.15) is 0 Å².